The summed E-state index contributed by atoms with van der Waals surface area (Å²) in [5.41, 5.74) is 10.3. The highest BCUT2D eigenvalue weighted by Crippen LogP contribution is 2.36. The molecule has 0 amide bonds. The van der Waals surface area contributed by atoms with E-state index in [0.29, 0.717) is 0 Å². The van der Waals surface area contributed by atoms with E-state index in [1.807, 2.05) is 30.3 Å². The molecule has 0 saturated heterocycles. The normalized spacial score (nSPS) is 17.4. The van der Waals surface area contributed by atoms with Gasteiger partial charge in [0.15, 0.2) is 0 Å². The molecule has 3 N–H and O–H groups in total. The van der Waals surface area contributed by atoms with E-state index in [1.54, 1.807) is 0 Å². The number of hydrogen-bond acceptors (Lipinski definition) is 3. The quantitative estimate of drug-likeness (QED) is 0.806. The third-order valence-corrected chi connectivity index (χ3v) is 3.58. The molecule has 0 fully saturated rings. The van der Waals surface area contributed by atoms with Crippen molar-refractivity contribution in [3.63, 3.8) is 0 Å². The summed E-state index contributed by atoms with van der Waals surface area (Å²) in [6, 6.07) is 14.4. The number of aryl methyl sites for hydroxylation is 1. The summed E-state index contributed by atoms with van der Waals surface area (Å²) < 4.78 is 5.68. The standard InChI is InChI=1S/C16H18N2O/c1-11-5-4-7-13(17)16(11)18-14-9-10-19-15-8-3-2-6-12(14)15/h2-8,14,18H,9-10,17H2,1H3. The molecular formula is C16H18N2O. The number of ether oxygens (including phenoxy) is 1. The van der Waals surface area contributed by atoms with Gasteiger partial charge in [-0.25, -0.2) is 0 Å². The van der Waals surface area contributed by atoms with Crippen LogP contribution in [0.15, 0.2) is 42.5 Å². The maximum atomic E-state index is 6.06. The van der Waals surface area contributed by atoms with Crippen LogP contribution in [0.3, 0.4) is 0 Å². The number of nitrogen functional groups attached to an aromatic ring is 1. The lowest BCUT2D eigenvalue weighted by Gasteiger charge is -2.28. The monoisotopic (exact) mass is 254 g/mol. The fraction of sp³-hybridized carbons (Fsp3) is 0.250. The second kappa shape index (κ2) is 4.84. The molecule has 1 aliphatic heterocycles. The summed E-state index contributed by atoms with van der Waals surface area (Å²) in [5, 5.41) is 3.57. The van der Waals surface area contributed by atoms with Gasteiger partial charge in [-0.1, -0.05) is 30.3 Å². The molecule has 3 heteroatoms. The van der Waals surface area contributed by atoms with Crippen LogP contribution in [0.2, 0.25) is 0 Å². The maximum absolute atomic E-state index is 6.06. The summed E-state index contributed by atoms with van der Waals surface area (Å²) in [4.78, 5) is 0. The largest absolute Gasteiger partial charge is 0.493 e. The first-order valence-corrected chi connectivity index (χ1v) is 6.59. The van der Waals surface area contributed by atoms with Crippen LogP contribution in [-0.4, -0.2) is 6.61 Å². The zero-order valence-electron chi connectivity index (χ0n) is 11.0. The Morgan fingerprint density at radius 2 is 2.00 bits per heavy atom. The number of hydrogen-bond donors (Lipinski definition) is 2. The van der Waals surface area contributed by atoms with Crippen LogP contribution in [0.4, 0.5) is 11.4 Å². The Balaban J connectivity index is 1.93. The van der Waals surface area contributed by atoms with Gasteiger partial charge in [0, 0.05) is 12.0 Å². The number of benzene rings is 2. The van der Waals surface area contributed by atoms with Crippen LogP contribution >= 0.6 is 0 Å². The van der Waals surface area contributed by atoms with Crippen molar-refractivity contribution in [2.75, 3.05) is 17.7 Å². The summed E-state index contributed by atoms with van der Waals surface area (Å²) in [7, 11) is 0. The smallest absolute Gasteiger partial charge is 0.124 e. The summed E-state index contributed by atoms with van der Waals surface area (Å²) in [5.74, 6) is 0.971. The lowest BCUT2D eigenvalue weighted by Crippen LogP contribution is -2.21. The topological polar surface area (TPSA) is 47.3 Å². The van der Waals surface area contributed by atoms with Crippen LogP contribution in [0.5, 0.6) is 5.75 Å². The first kappa shape index (κ1) is 11.9. The van der Waals surface area contributed by atoms with Gasteiger partial charge in [0.05, 0.1) is 24.0 Å². The van der Waals surface area contributed by atoms with Gasteiger partial charge in [-0.2, -0.15) is 0 Å². The van der Waals surface area contributed by atoms with Crippen LogP contribution in [0.1, 0.15) is 23.6 Å². The van der Waals surface area contributed by atoms with E-state index in [2.05, 4.69) is 24.4 Å². The minimum Gasteiger partial charge on any atom is -0.493 e. The van der Waals surface area contributed by atoms with E-state index in [1.165, 1.54) is 11.1 Å². The Kier molecular flexibility index (Phi) is 3.03. The molecule has 1 unspecified atom stereocenters. The third kappa shape index (κ3) is 2.24. The number of nitrogens with two attached hydrogens (primary N) is 1. The first-order valence-electron chi connectivity index (χ1n) is 6.59. The molecule has 3 rings (SSSR count). The molecule has 0 spiro atoms. The molecule has 2 aromatic rings. The van der Waals surface area contributed by atoms with Gasteiger partial charge in [-0.15, -0.1) is 0 Å². The Morgan fingerprint density at radius 1 is 1.16 bits per heavy atom. The lowest BCUT2D eigenvalue weighted by atomic mass is 9.99. The molecule has 0 aromatic heterocycles. The third-order valence-electron chi connectivity index (χ3n) is 3.58. The summed E-state index contributed by atoms with van der Waals surface area (Å²) in [6.07, 6.45) is 0.949. The zero-order valence-corrected chi connectivity index (χ0v) is 11.0. The average molecular weight is 254 g/mol. The van der Waals surface area contributed by atoms with Crippen molar-refractivity contribution in [2.45, 2.75) is 19.4 Å². The molecule has 0 bridgehead atoms. The maximum Gasteiger partial charge on any atom is 0.124 e. The fourth-order valence-electron chi connectivity index (χ4n) is 2.55. The summed E-state index contributed by atoms with van der Waals surface area (Å²) >= 11 is 0. The number of nitrogens with one attached hydrogen (secondary N) is 1. The molecule has 0 aliphatic carbocycles. The first-order chi connectivity index (χ1) is 9.25. The molecule has 19 heavy (non-hydrogen) atoms. The SMILES string of the molecule is Cc1cccc(N)c1NC1CCOc2ccccc21. The van der Waals surface area contributed by atoms with Crippen molar-refractivity contribution < 1.29 is 4.74 Å². The Hall–Kier alpha value is -2.16. The highest BCUT2D eigenvalue weighted by atomic mass is 16.5. The van der Waals surface area contributed by atoms with Crippen molar-refractivity contribution in [1.82, 2.24) is 0 Å². The Labute approximate surface area is 113 Å². The molecule has 1 atom stereocenters. The molecule has 98 valence electrons. The van der Waals surface area contributed by atoms with Gasteiger partial charge in [0.25, 0.3) is 0 Å². The molecule has 1 heterocycles. The van der Waals surface area contributed by atoms with Crippen LogP contribution in [0.25, 0.3) is 0 Å². The molecular weight excluding hydrogens is 236 g/mol. The molecule has 0 saturated carbocycles. The Morgan fingerprint density at radius 3 is 2.84 bits per heavy atom. The summed E-state index contributed by atoms with van der Waals surface area (Å²) in [6.45, 7) is 2.81. The zero-order chi connectivity index (χ0) is 13.2. The van der Waals surface area contributed by atoms with Gasteiger partial charge in [0.2, 0.25) is 0 Å². The predicted molar refractivity (Wildman–Crippen MR) is 78.5 cm³/mol. The van der Waals surface area contributed by atoms with Gasteiger partial charge in [-0.05, 0) is 24.6 Å². The van der Waals surface area contributed by atoms with Gasteiger partial charge in [0.1, 0.15) is 5.75 Å². The number of fused-ring (bicyclic) bond motifs is 1. The van der Waals surface area contributed by atoms with Crippen molar-refractivity contribution in [3.8, 4) is 5.75 Å². The molecule has 2 aromatic carbocycles. The van der Waals surface area contributed by atoms with Crippen LogP contribution < -0.4 is 15.8 Å². The van der Waals surface area contributed by atoms with Crippen molar-refractivity contribution in [2.24, 2.45) is 0 Å². The predicted octanol–water partition coefficient (Wildman–Crippen LogP) is 3.51. The number of anilines is 2. The van der Waals surface area contributed by atoms with Gasteiger partial charge in [-0.3, -0.25) is 0 Å². The minimum absolute atomic E-state index is 0.258. The second-order valence-corrected chi connectivity index (χ2v) is 4.91. The van der Waals surface area contributed by atoms with E-state index >= 15 is 0 Å². The molecule has 3 nitrogen and oxygen atoms in total. The lowest BCUT2D eigenvalue weighted by molar-refractivity contribution is 0.274. The van der Waals surface area contributed by atoms with Crippen molar-refractivity contribution >= 4 is 11.4 Å². The second-order valence-electron chi connectivity index (χ2n) is 4.91. The highest BCUT2D eigenvalue weighted by molar-refractivity contribution is 5.70. The van der Waals surface area contributed by atoms with Crippen LogP contribution in [-0.2, 0) is 0 Å². The van der Waals surface area contributed by atoms with E-state index in [0.717, 1.165) is 30.2 Å². The van der Waals surface area contributed by atoms with E-state index in [-0.39, 0.29) is 6.04 Å². The minimum atomic E-state index is 0.258. The fourth-order valence-corrected chi connectivity index (χ4v) is 2.55. The van der Waals surface area contributed by atoms with Gasteiger partial charge >= 0.3 is 0 Å². The van der Waals surface area contributed by atoms with Gasteiger partial charge < -0.3 is 15.8 Å². The molecule has 0 radical (unpaired) electrons. The van der Waals surface area contributed by atoms with Crippen molar-refractivity contribution in [3.05, 3.63) is 53.6 Å². The highest BCUT2D eigenvalue weighted by Gasteiger charge is 2.21. The average Bonchev–Trinajstić information content (AvgIpc) is 2.43. The van der Waals surface area contributed by atoms with E-state index < -0.39 is 0 Å². The van der Waals surface area contributed by atoms with E-state index in [4.69, 9.17) is 10.5 Å². The number of para-hydroxylation sites is 2. The number of rotatable bonds is 2. The molecule has 1 aliphatic rings. The van der Waals surface area contributed by atoms with Crippen LogP contribution in [0, 0.1) is 6.92 Å². The van der Waals surface area contributed by atoms with Crippen molar-refractivity contribution in [1.29, 1.82) is 0 Å². The Bertz CT molecular complexity index is 575. The van der Waals surface area contributed by atoms with E-state index in [9.17, 15) is 0 Å².